The van der Waals surface area contributed by atoms with E-state index in [2.05, 4.69) is 25.7 Å². The van der Waals surface area contributed by atoms with Crippen LogP contribution in [0.15, 0.2) is 43.0 Å². The number of hydrogen-bond acceptors (Lipinski definition) is 4. The highest BCUT2D eigenvalue weighted by atomic mass is 16.5. The van der Waals surface area contributed by atoms with Crippen molar-refractivity contribution < 1.29 is 19.1 Å². The van der Waals surface area contributed by atoms with Crippen LogP contribution in [0.4, 0.5) is 0 Å². The van der Waals surface area contributed by atoms with Gasteiger partial charge in [0, 0.05) is 12.1 Å². The summed E-state index contributed by atoms with van der Waals surface area (Å²) >= 11 is 0. The second-order valence-electron chi connectivity index (χ2n) is 7.05. The van der Waals surface area contributed by atoms with Crippen molar-refractivity contribution in [3.63, 3.8) is 0 Å². The molecule has 1 aliphatic carbocycles. The predicted molar refractivity (Wildman–Crippen MR) is 106 cm³/mol. The minimum Gasteiger partial charge on any atom is -0.490 e. The van der Waals surface area contributed by atoms with E-state index >= 15 is 0 Å². The van der Waals surface area contributed by atoms with E-state index in [0.717, 1.165) is 24.2 Å². The van der Waals surface area contributed by atoms with Gasteiger partial charge in [-0.15, -0.1) is 0 Å². The first kappa shape index (κ1) is 20.7. The van der Waals surface area contributed by atoms with Crippen molar-refractivity contribution in [2.45, 2.75) is 39.2 Å². The molecule has 5 heteroatoms. The quantitative estimate of drug-likeness (QED) is 0.429. The molecule has 1 aromatic carbocycles. The molecule has 1 saturated carbocycles. The molecular weight excluding hydrogens is 342 g/mol. The number of nitrogens with one attached hydrogen (secondary N) is 1. The van der Waals surface area contributed by atoms with Crippen LogP contribution in [0, 0.1) is 11.8 Å². The van der Waals surface area contributed by atoms with E-state index in [0.29, 0.717) is 18.4 Å². The lowest BCUT2D eigenvalue weighted by molar-refractivity contribution is -0.144. The SMILES string of the molecule is C=CCOc1ccc(/C=C/C(=O)OCC(=O)N[C@@H]2CCC[C@H](C)[C@H]2C)cc1. The number of rotatable bonds is 8. The van der Waals surface area contributed by atoms with Crippen LogP contribution in [0.25, 0.3) is 6.08 Å². The second kappa shape index (κ2) is 10.6. The number of esters is 1. The van der Waals surface area contributed by atoms with Gasteiger partial charge in [-0.05, 0) is 42.0 Å². The van der Waals surface area contributed by atoms with Gasteiger partial charge in [-0.25, -0.2) is 4.79 Å². The summed E-state index contributed by atoms with van der Waals surface area (Å²) in [5, 5.41) is 2.99. The van der Waals surface area contributed by atoms with Crippen molar-refractivity contribution in [1.29, 1.82) is 0 Å². The van der Waals surface area contributed by atoms with Gasteiger partial charge in [0.25, 0.3) is 5.91 Å². The molecule has 27 heavy (non-hydrogen) atoms. The van der Waals surface area contributed by atoms with E-state index in [1.54, 1.807) is 12.2 Å². The minimum atomic E-state index is -0.540. The summed E-state index contributed by atoms with van der Waals surface area (Å²) in [7, 11) is 0. The molecule has 0 radical (unpaired) electrons. The Morgan fingerprint density at radius 2 is 1.96 bits per heavy atom. The molecular formula is C22H29NO4. The lowest BCUT2D eigenvalue weighted by Crippen LogP contribution is -2.45. The van der Waals surface area contributed by atoms with Crippen LogP contribution in [0.3, 0.4) is 0 Å². The molecule has 0 bridgehead atoms. The molecule has 1 N–H and O–H groups in total. The summed E-state index contributed by atoms with van der Waals surface area (Å²) in [5.74, 6) is 0.992. The number of ether oxygens (including phenoxy) is 2. The first-order chi connectivity index (χ1) is 13.0. The van der Waals surface area contributed by atoms with Crippen LogP contribution >= 0.6 is 0 Å². The van der Waals surface area contributed by atoms with Crippen molar-refractivity contribution in [3.8, 4) is 5.75 Å². The van der Waals surface area contributed by atoms with Crippen molar-refractivity contribution in [3.05, 3.63) is 48.6 Å². The van der Waals surface area contributed by atoms with Gasteiger partial charge in [0.15, 0.2) is 6.61 Å². The van der Waals surface area contributed by atoms with Crippen molar-refractivity contribution in [2.24, 2.45) is 11.8 Å². The van der Waals surface area contributed by atoms with Crippen LogP contribution < -0.4 is 10.1 Å². The fraction of sp³-hybridized carbons (Fsp3) is 0.455. The maximum Gasteiger partial charge on any atom is 0.331 e. The zero-order valence-electron chi connectivity index (χ0n) is 16.1. The molecule has 3 atom stereocenters. The summed E-state index contributed by atoms with van der Waals surface area (Å²) in [6, 6.07) is 7.46. The summed E-state index contributed by atoms with van der Waals surface area (Å²) in [6.45, 7) is 8.17. The zero-order chi connectivity index (χ0) is 19.6. The molecule has 0 spiro atoms. The highest BCUT2D eigenvalue weighted by molar-refractivity contribution is 5.89. The highest BCUT2D eigenvalue weighted by Crippen LogP contribution is 2.29. The van der Waals surface area contributed by atoms with Crippen molar-refractivity contribution in [2.75, 3.05) is 13.2 Å². The highest BCUT2D eigenvalue weighted by Gasteiger charge is 2.28. The Bertz CT molecular complexity index is 665. The lowest BCUT2D eigenvalue weighted by Gasteiger charge is -2.34. The largest absolute Gasteiger partial charge is 0.490 e. The van der Waals surface area contributed by atoms with Gasteiger partial charge in [0.05, 0.1) is 0 Å². The van der Waals surface area contributed by atoms with Crippen molar-refractivity contribution >= 4 is 18.0 Å². The van der Waals surface area contributed by atoms with Crippen LogP contribution in [-0.4, -0.2) is 31.1 Å². The maximum atomic E-state index is 12.0. The molecule has 0 aromatic heterocycles. The van der Waals surface area contributed by atoms with Gasteiger partial charge in [0.2, 0.25) is 0 Å². The molecule has 5 nitrogen and oxygen atoms in total. The molecule has 146 valence electrons. The monoisotopic (exact) mass is 371 g/mol. The number of carbonyl (C=O) groups is 2. The molecule has 1 fully saturated rings. The molecule has 2 rings (SSSR count). The Balaban J connectivity index is 1.74. The van der Waals surface area contributed by atoms with Crippen LogP contribution in [0.2, 0.25) is 0 Å². The summed E-state index contributed by atoms with van der Waals surface area (Å²) in [4.78, 5) is 23.8. The molecule has 1 aromatic rings. The Kier molecular flexibility index (Phi) is 8.11. The van der Waals surface area contributed by atoms with E-state index in [9.17, 15) is 9.59 Å². The van der Waals surface area contributed by atoms with Gasteiger partial charge in [-0.1, -0.05) is 51.5 Å². The Hall–Kier alpha value is -2.56. The standard InChI is InChI=1S/C22H29NO4/c1-4-14-26-19-11-8-18(9-12-19)10-13-22(25)27-15-21(24)23-20-7-5-6-16(2)17(20)3/h4,8-13,16-17,20H,1,5-7,14-15H2,2-3H3,(H,23,24)/b13-10+/t16-,17+,20+/m0/s1. The number of benzene rings is 1. The third-order valence-corrected chi connectivity index (χ3v) is 5.06. The first-order valence-corrected chi connectivity index (χ1v) is 9.47. The first-order valence-electron chi connectivity index (χ1n) is 9.47. The fourth-order valence-electron chi connectivity index (χ4n) is 3.21. The molecule has 0 unspecified atom stereocenters. The lowest BCUT2D eigenvalue weighted by atomic mass is 9.78. The van der Waals surface area contributed by atoms with Crippen LogP contribution in [0.5, 0.6) is 5.75 Å². The summed E-state index contributed by atoms with van der Waals surface area (Å²) in [5.41, 5.74) is 0.840. The minimum absolute atomic E-state index is 0.164. The third-order valence-electron chi connectivity index (χ3n) is 5.06. The van der Waals surface area contributed by atoms with E-state index in [-0.39, 0.29) is 18.6 Å². The maximum absolute atomic E-state index is 12.0. The van der Waals surface area contributed by atoms with Gasteiger partial charge < -0.3 is 14.8 Å². The van der Waals surface area contributed by atoms with E-state index < -0.39 is 5.97 Å². The van der Waals surface area contributed by atoms with Crippen LogP contribution in [-0.2, 0) is 14.3 Å². The topological polar surface area (TPSA) is 64.6 Å². The van der Waals surface area contributed by atoms with E-state index in [4.69, 9.17) is 9.47 Å². The van der Waals surface area contributed by atoms with Gasteiger partial charge in [-0.2, -0.15) is 0 Å². The van der Waals surface area contributed by atoms with Crippen molar-refractivity contribution in [1.82, 2.24) is 5.32 Å². The zero-order valence-corrected chi connectivity index (χ0v) is 16.1. The van der Waals surface area contributed by atoms with Gasteiger partial charge >= 0.3 is 5.97 Å². The molecule has 0 aliphatic heterocycles. The molecule has 0 heterocycles. The summed E-state index contributed by atoms with van der Waals surface area (Å²) < 4.78 is 10.4. The number of amides is 1. The molecule has 1 aliphatic rings. The summed E-state index contributed by atoms with van der Waals surface area (Å²) in [6.07, 6.45) is 7.94. The van der Waals surface area contributed by atoms with E-state index in [1.807, 2.05) is 24.3 Å². The number of hydrogen-bond donors (Lipinski definition) is 1. The van der Waals surface area contributed by atoms with Crippen LogP contribution in [0.1, 0.15) is 38.7 Å². The number of carbonyl (C=O) groups excluding carboxylic acids is 2. The Morgan fingerprint density at radius 3 is 2.67 bits per heavy atom. The average Bonchev–Trinajstić information content (AvgIpc) is 2.67. The Labute approximate surface area is 161 Å². The normalized spacial score (nSPS) is 22.2. The Morgan fingerprint density at radius 1 is 1.22 bits per heavy atom. The average molecular weight is 371 g/mol. The van der Waals surface area contributed by atoms with E-state index in [1.165, 1.54) is 12.5 Å². The molecule has 1 amide bonds. The fourth-order valence-corrected chi connectivity index (χ4v) is 3.21. The predicted octanol–water partition coefficient (Wildman–Crippen LogP) is 3.75. The van der Waals surface area contributed by atoms with Gasteiger partial charge in [0.1, 0.15) is 12.4 Å². The molecule has 0 saturated heterocycles. The third kappa shape index (κ3) is 6.93. The van der Waals surface area contributed by atoms with Gasteiger partial charge in [-0.3, -0.25) is 4.79 Å². The smallest absolute Gasteiger partial charge is 0.331 e. The second-order valence-corrected chi connectivity index (χ2v) is 7.05.